The minimum atomic E-state index is -1.89. The minimum Gasteiger partial charge on any atom is -0.507 e. The van der Waals surface area contributed by atoms with E-state index >= 15 is 0 Å². The minimum absolute atomic E-state index is 0.00119. The Morgan fingerprint density at radius 2 is 1.53 bits per heavy atom. The molecule has 1 aliphatic rings. The SMILES string of the molecule is O=C(O)C1OC(Oc2ccc(-c3oc4c(O)c(O)cc(O)c4c(=O)c3O)cc2)C(O)C(O)C1O. The van der Waals surface area contributed by atoms with Gasteiger partial charge in [0.2, 0.25) is 23.2 Å². The standard InChI is InChI=1S/C21H18O13/c22-8-5-9(23)11(24)18-10(8)12(25)14(27)17(33-18)6-1-3-7(4-2-6)32-21-16(29)13(26)15(28)19(34-21)20(30)31/h1-5,13,15-16,19,21-24,26-29H,(H,30,31). The topological polar surface area (TPSA) is 228 Å². The highest BCUT2D eigenvalue weighted by atomic mass is 16.7. The molecule has 34 heavy (non-hydrogen) atoms. The molecule has 0 amide bonds. The molecule has 1 aromatic heterocycles. The quantitative estimate of drug-likeness (QED) is 0.176. The van der Waals surface area contributed by atoms with Crippen molar-refractivity contribution in [3.05, 3.63) is 40.6 Å². The summed E-state index contributed by atoms with van der Waals surface area (Å²) in [5.41, 5.74) is -1.55. The van der Waals surface area contributed by atoms with Gasteiger partial charge in [-0.05, 0) is 24.3 Å². The number of fused-ring (bicyclic) bond motifs is 1. The molecule has 0 spiro atoms. The molecule has 3 aromatic rings. The number of phenols is 3. The molecule has 13 heteroatoms. The third-order valence-electron chi connectivity index (χ3n) is 5.26. The summed E-state index contributed by atoms with van der Waals surface area (Å²) in [5.74, 6) is -5.19. The zero-order valence-electron chi connectivity index (χ0n) is 16.9. The predicted molar refractivity (Wildman–Crippen MR) is 110 cm³/mol. The van der Waals surface area contributed by atoms with Gasteiger partial charge in [0, 0.05) is 11.6 Å². The number of ether oxygens (including phenoxy) is 2. The summed E-state index contributed by atoms with van der Waals surface area (Å²) >= 11 is 0. The number of hydrogen-bond acceptors (Lipinski definition) is 12. The van der Waals surface area contributed by atoms with Crippen LogP contribution in [0.4, 0.5) is 0 Å². The molecule has 5 unspecified atom stereocenters. The number of carbonyl (C=O) groups is 1. The number of carboxylic acids is 1. The average molecular weight is 478 g/mol. The van der Waals surface area contributed by atoms with Crippen molar-refractivity contribution in [2.45, 2.75) is 30.7 Å². The summed E-state index contributed by atoms with van der Waals surface area (Å²) in [6.07, 6.45) is -9.03. The van der Waals surface area contributed by atoms with E-state index in [1.165, 1.54) is 24.3 Å². The van der Waals surface area contributed by atoms with Crippen molar-refractivity contribution in [3.63, 3.8) is 0 Å². The molecule has 0 bridgehead atoms. The van der Waals surface area contributed by atoms with Crippen molar-refractivity contribution in [2.75, 3.05) is 0 Å². The third kappa shape index (κ3) is 3.72. The fourth-order valence-corrected chi connectivity index (χ4v) is 3.48. The first-order chi connectivity index (χ1) is 16.0. The van der Waals surface area contributed by atoms with Crippen LogP contribution in [0.3, 0.4) is 0 Å². The fraction of sp³-hybridized carbons (Fsp3) is 0.238. The van der Waals surface area contributed by atoms with Gasteiger partial charge in [0.1, 0.15) is 35.2 Å². The average Bonchev–Trinajstić information content (AvgIpc) is 2.80. The van der Waals surface area contributed by atoms with Crippen LogP contribution < -0.4 is 10.2 Å². The van der Waals surface area contributed by atoms with Gasteiger partial charge in [-0.1, -0.05) is 0 Å². The highest BCUT2D eigenvalue weighted by Gasteiger charge is 2.48. The maximum Gasteiger partial charge on any atom is 0.335 e. The number of rotatable bonds is 4. The number of phenolic OH excluding ortho intramolecular Hbond substituents is 3. The Labute approximate surface area is 188 Å². The lowest BCUT2D eigenvalue weighted by Crippen LogP contribution is -2.61. The monoisotopic (exact) mass is 478 g/mol. The Hall–Kier alpha value is -4.04. The van der Waals surface area contributed by atoms with E-state index in [1.54, 1.807) is 0 Å². The first-order valence-electron chi connectivity index (χ1n) is 9.64. The molecule has 0 saturated carbocycles. The smallest absolute Gasteiger partial charge is 0.335 e. The number of aliphatic hydroxyl groups excluding tert-OH is 3. The van der Waals surface area contributed by atoms with Crippen LogP contribution in [0.1, 0.15) is 0 Å². The summed E-state index contributed by atoms with van der Waals surface area (Å²) in [6, 6.07) is 5.82. The third-order valence-corrected chi connectivity index (χ3v) is 5.26. The lowest BCUT2D eigenvalue weighted by molar-refractivity contribution is -0.271. The van der Waals surface area contributed by atoms with Crippen molar-refractivity contribution < 1.29 is 59.5 Å². The normalized spacial score (nSPS) is 24.7. The molecule has 1 fully saturated rings. The van der Waals surface area contributed by atoms with Crippen molar-refractivity contribution >= 4 is 16.9 Å². The zero-order valence-corrected chi connectivity index (χ0v) is 16.9. The van der Waals surface area contributed by atoms with Crippen molar-refractivity contribution in [3.8, 4) is 40.1 Å². The van der Waals surface area contributed by atoms with E-state index in [1.807, 2.05) is 0 Å². The number of hydrogen-bond donors (Lipinski definition) is 8. The van der Waals surface area contributed by atoms with Crippen molar-refractivity contribution in [2.24, 2.45) is 0 Å². The number of aliphatic hydroxyl groups is 3. The maximum atomic E-state index is 12.5. The molecule has 4 rings (SSSR count). The molecule has 5 atom stereocenters. The van der Waals surface area contributed by atoms with Gasteiger partial charge in [-0.15, -0.1) is 0 Å². The van der Waals surface area contributed by atoms with E-state index in [2.05, 4.69) is 0 Å². The Morgan fingerprint density at radius 1 is 0.882 bits per heavy atom. The van der Waals surface area contributed by atoms with Gasteiger partial charge in [0.15, 0.2) is 23.2 Å². The second-order valence-corrected chi connectivity index (χ2v) is 7.45. The molecule has 1 aliphatic heterocycles. The largest absolute Gasteiger partial charge is 0.507 e. The number of benzene rings is 2. The Balaban J connectivity index is 1.66. The van der Waals surface area contributed by atoms with Crippen LogP contribution in [0.15, 0.2) is 39.5 Å². The van der Waals surface area contributed by atoms with E-state index in [9.17, 15) is 45.3 Å². The predicted octanol–water partition coefficient (Wildman–Crippen LogP) is -0.447. The van der Waals surface area contributed by atoms with Gasteiger partial charge in [-0.3, -0.25) is 4.79 Å². The van der Waals surface area contributed by atoms with Gasteiger partial charge in [0.05, 0.1) is 0 Å². The summed E-state index contributed by atoms with van der Waals surface area (Å²) in [6.45, 7) is 0. The lowest BCUT2D eigenvalue weighted by Gasteiger charge is -2.38. The van der Waals surface area contributed by atoms with Crippen LogP contribution in [0, 0.1) is 0 Å². The fourth-order valence-electron chi connectivity index (χ4n) is 3.48. The van der Waals surface area contributed by atoms with Gasteiger partial charge in [0.25, 0.3) is 0 Å². The first kappa shape index (κ1) is 23.1. The zero-order chi connectivity index (χ0) is 24.9. The van der Waals surface area contributed by atoms with E-state index in [0.29, 0.717) is 6.07 Å². The van der Waals surface area contributed by atoms with Crippen LogP contribution in [0.2, 0.25) is 0 Å². The van der Waals surface area contributed by atoms with Crippen molar-refractivity contribution in [1.82, 2.24) is 0 Å². The molecular weight excluding hydrogens is 460 g/mol. The van der Waals surface area contributed by atoms with Crippen LogP contribution in [0.5, 0.6) is 28.7 Å². The van der Waals surface area contributed by atoms with Crippen LogP contribution in [0.25, 0.3) is 22.3 Å². The first-order valence-corrected chi connectivity index (χ1v) is 9.64. The second kappa shape index (κ2) is 8.39. The van der Waals surface area contributed by atoms with E-state index in [-0.39, 0.29) is 11.3 Å². The van der Waals surface area contributed by atoms with E-state index in [4.69, 9.17) is 19.0 Å². The summed E-state index contributed by atoms with van der Waals surface area (Å²) in [4.78, 5) is 23.7. The summed E-state index contributed by atoms with van der Waals surface area (Å²) in [7, 11) is 0. The molecule has 2 heterocycles. The molecule has 2 aromatic carbocycles. The molecule has 13 nitrogen and oxygen atoms in total. The Morgan fingerprint density at radius 3 is 2.15 bits per heavy atom. The van der Waals surface area contributed by atoms with Crippen molar-refractivity contribution in [1.29, 1.82) is 0 Å². The summed E-state index contributed by atoms with van der Waals surface area (Å²) < 4.78 is 15.8. The number of aliphatic carboxylic acids is 1. The van der Waals surface area contributed by atoms with Gasteiger partial charge < -0.3 is 54.7 Å². The Bertz CT molecular complexity index is 1310. The molecule has 180 valence electrons. The molecule has 0 radical (unpaired) electrons. The highest BCUT2D eigenvalue weighted by Crippen LogP contribution is 2.42. The molecular formula is C21H18O13. The van der Waals surface area contributed by atoms with Gasteiger partial charge >= 0.3 is 5.97 Å². The van der Waals surface area contributed by atoms with Crippen LogP contribution >= 0.6 is 0 Å². The van der Waals surface area contributed by atoms with Gasteiger partial charge in [-0.2, -0.15) is 0 Å². The van der Waals surface area contributed by atoms with Gasteiger partial charge in [-0.25, -0.2) is 4.79 Å². The maximum absolute atomic E-state index is 12.5. The summed E-state index contributed by atoms with van der Waals surface area (Å²) in [5, 5.41) is 78.0. The van der Waals surface area contributed by atoms with E-state index in [0.717, 1.165) is 0 Å². The van der Waals surface area contributed by atoms with Crippen LogP contribution in [-0.4, -0.2) is 77.5 Å². The second-order valence-electron chi connectivity index (χ2n) is 7.45. The highest BCUT2D eigenvalue weighted by molar-refractivity contribution is 5.92. The number of aromatic hydroxyl groups is 4. The number of carboxylic acid groups (broad SMARTS) is 1. The lowest BCUT2D eigenvalue weighted by atomic mass is 9.99. The molecule has 8 N–H and O–H groups in total. The molecule has 1 saturated heterocycles. The van der Waals surface area contributed by atoms with E-state index < -0.39 is 81.8 Å². The van der Waals surface area contributed by atoms with Crippen LogP contribution in [-0.2, 0) is 9.53 Å². The molecule has 0 aliphatic carbocycles. The Kier molecular flexibility index (Phi) is 5.70.